The van der Waals surface area contributed by atoms with E-state index in [9.17, 15) is 4.39 Å². The third-order valence-electron chi connectivity index (χ3n) is 3.44. The van der Waals surface area contributed by atoms with Gasteiger partial charge < -0.3 is 10.1 Å². The molecule has 0 saturated heterocycles. The molecule has 1 aliphatic heterocycles. The number of hydrogen-bond donors (Lipinski definition) is 1. The maximum Gasteiger partial charge on any atom is 0.143 e. The Morgan fingerprint density at radius 2 is 2.15 bits per heavy atom. The van der Waals surface area contributed by atoms with Gasteiger partial charge in [0.1, 0.15) is 18.2 Å². The number of halogens is 2. The van der Waals surface area contributed by atoms with E-state index in [0.717, 1.165) is 30.8 Å². The number of fused-ring (bicyclic) bond motifs is 1. The summed E-state index contributed by atoms with van der Waals surface area (Å²) in [5.41, 5.74) is 2.79. The lowest BCUT2D eigenvalue weighted by Crippen LogP contribution is -2.13. The maximum atomic E-state index is 13.7. The van der Waals surface area contributed by atoms with Gasteiger partial charge in [0.25, 0.3) is 0 Å². The van der Waals surface area contributed by atoms with Crippen molar-refractivity contribution in [3.63, 3.8) is 0 Å². The minimum absolute atomic E-state index is 0.196. The first kappa shape index (κ1) is 13.3. The second-order valence-electron chi connectivity index (χ2n) is 4.85. The van der Waals surface area contributed by atoms with Crippen molar-refractivity contribution in [3.05, 3.63) is 58.4 Å². The number of aryl methyl sites for hydroxylation is 1. The molecule has 0 amide bonds. The lowest BCUT2D eigenvalue weighted by Gasteiger charge is -2.21. The predicted molar refractivity (Wildman–Crippen MR) is 79.0 cm³/mol. The molecule has 1 N–H and O–H groups in total. The van der Waals surface area contributed by atoms with Crippen LogP contribution < -0.4 is 10.1 Å². The highest BCUT2D eigenvalue weighted by molar-refractivity contribution is 6.30. The van der Waals surface area contributed by atoms with E-state index in [1.165, 1.54) is 11.6 Å². The second kappa shape index (κ2) is 5.71. The molecule has 0 fully saturated rings. The van der Waals surface area contributed by atoms with Gasteiger partial charge in [-0.15, -0.1) is 0 Å². The van der Waals surface area contributed by atoms with Crippen molar-refractivity contribution in [1.82, 2.24) is 0 Å². The highest BCUT2D eigenvalue weighted by Crippen LogP contribution is 2.32. The quantitative estimate of drug-likeness (QED) is 0.904. The molecule has 0 aromatic heterocycles. The zero-order valence-corrected chi connectivity index (χ0v) is 11.7. The van der Waals surface area contributed by atoms with Crippen LogP contribution in [-0.2, 0) is 13.0 Å². The van der Waals surface area contributed by atoms with Crippen LogP contribution >= 0.6 is 11.6 Å². The van der Waals surface area contributed by atoms with E-state index >= 15 is 0 Å². The molecule has 2 nitrogen and oxygen atoms in total. The summed E-state index contributed by atoms with van der Waals surface area (Å²) < 4.78 is 19.5. The Bertz CT molecular complexity index is 630. The fraction of sp³-hybridized carbons (Fsp3) is 0.250. The fourth-order valence-electron chi connectivity index (χ4n) is 2.39. The number of ether oxygens (including phenoxy) is 1. The number of benzene rings is 2. The minimum Gasteiger partial charge on any atom is -0.487 e. The summed E-state index contributed by atoms with van der Waals surface area (Å²) in [6, 6.07) is 10.6. The lowest BCUT2D eigenvalue weighted by atomic mass is 10.0. The van der Waals surface area contributed by atoms with Crippen molar-refractivity contribution in [3.8, 4) is 5.75 Å². The van der Waals surface area contributed by atoms with Crippen LogP contribution in [0.5, 0.6) is 5.75 Å². The van der Waals surface area contributed by atoms with E-state index in [-0.39, 0.29) is 12.4 Å². The molecule has 104 valence electrons. The van der Waals surface area contributed by atoms with Crippen LogP contribution in [0.3, 0.4) is 0 Å². The highest BCUT2D eigenvalue weighted by Gasteiger charge is 2.13. The zero-order valence-electron chi connectivity index (χ0n) is 11.0. The van der Waals surface area contributed by atoms with E-state index in [1.54, 1.807) is 12.1 Å². The summed E-state index contributed by atoms with van der Waals surface area (Å²) in [7, 11) is 0. The minimum atomic E-state index is -0.338. The normalized spacial score (nSPS) is 13.5. The molecule has 0 unspecified atom stereocenters. The molecule has 0 radical (unpaired) electrons. The van der Waals surface area contributed by atoms with Crippen molar-refractivity contribution in [2.24, 2.45) is 0 Å². The molecule has 2 aromatic carbocycles. The van der Waals surface area contributed by atoms with E-state index in [4.69, 9.17) is 16.3 Å². The van der Waals surface area contributed by atoms with Gasteiger partial charge >= 0.3 is 0 Å². The van der Waals surface area contributed by atoms with Crippen molar-refractivity contribution in [1.29, 1.82) is 0 Å². The number of rotatable bonds is 3. The molecule has 0 atom stereocenters. The molecule has 1 aliphatic rings. The van der Waals surface area contributed by atoms with Gasteiger partial charge in [0.2, 0.25) is 0 Å². The van der Waals surface area contributed by atoms with Gasteiger partial charge in [-0.1, -0.05) is 29.8 Å². The first-order chi connectivity index (χ1) is 9.74. The van der Waals surface area contributed by atoms with E-state index in [0.29, 0.717) is 10.6 Å². The first-order valence-electron chi connectivity index (χ1n) is 6.66. The number of hydrogen-bond acceptors (Lipinski definition) is 2. The van der Waals surface area contributed by atoms with E-state index in [2.05, 4.69) is 11.4 Å². The monoisotopic (exact) mass is 291 g/mol. The summed E-state index contributed by atoms with van der Waals surface area (Å²) in [6.07, 6.45) is 2.18. The Morgan fingerprint density at radius 1 is 1.25 bits per heavy atom. The van der Waals surface area contributed by atoms with Gasteiger partial charge in [0, 0.05) is 17.1 Å². The third kappa shape index (κ3) is 2.73. The van der Waals surface area contributed by atoms with Crippen LogP contribution in [0.2, 0.25) is 5.02 Å². The van der Waals surface area contributed by atoms with Gasteiger partial charge in [-0.3, -0.25) is 0 Å². The highest BCUT2D eigenvalue weighted by atomic mass is 35.5. The zero-order chi connectivity index (χ0) is 13.9. The van der Waals surface area contributed by atoms with Gasteiger partial charge in [0.05, 0.1) is 5.69 Å². The molecule has 4 heteroatoms. The molecule has 0 saturated carbocycles. The molecule has 0 aliphatic carbocycles. The summed E-state index contributed by atoms with van der Waals surface area (Å²) in [5.74, 6) is 0.437. The molecule has 20 heavy (non-hydrogen) atoms. The van der Waals surface area contributed by atoms with Crippen LogP contribution in [0.25, 0.3) is 0 Å². The summed E-state index contributed by atoms with van der Waals surface area (Å²) in [4.78, 5) is 0. The maximum absolute atomic E-state index is 13.7. The Kier molecular flexibility index (Phi) is 3.79. The Hall–Kier alpha value is -1.74. The van der Waals surface area contributed by atoms with Crippen LogP contribution in [0.15, 0.2) is 36.4 Å². The molecule has 3 rings (SSSR count). The third-order valence-corrected chi connectivity index (χ3v) is 3.67. The molecule has 0 spiro atoms. The Labute approximate surface area is 122 Å². The standard InChI is InChI=1S/C16H15ClFNO/c17-13-7-6-12(14(18)9-13)10-20-15-5-1-3-11-4-2-8-19-16(11)15/h1,3,5-7,9,19H,2,4,8,10H2. The van der Waals surface area contributed by atoms with Gasteiger partial charge in [-0.05, 0) is 36.6 Å². The topological polar surface area (TPSA) is 21.3 Å². The van der Waals surface area contributed by atoms with Gasteiger partial charge in [0.15, 0.2) is 0 Å². The van der Waals surface area contributed by atoms with E-state index in [1.807, 2.05) is 12.1 Å². The Morgan fingerprint density at radius 3 is 3.00 bits per heavy atom. The summed E-state index contributed by atoms with van der Waals surface area (Å²) in [5, 5.41) is 3.74. The lowest BCUT2D eigenvalue weighted by molar-refractivity contribution is 0.300. The molecule has 1 heterocycles. The smallest absolute Gasteiger partial charge is 0.143 e. The average Bonchev–Trinajstić information content (AvgIpc) is 2.46. The predicted octanol–water partition coefficient (Wildman–Crippen LogP) is 4.42. The van der Waals surface area contributed by atoms with Crippen LogP contribution in [-0.4, -0.2) is 6.54 Å². The van der Waals surface area contributed by atoms with E-state index < -0.39 is 0 Å². The number of para-hydroxylation sites is 1. The second-order valence-corrected chi connectivity index (χ2v) is 5.28. The van der Waals surface area contributed by atoms with Crippen LogP contribution in [0.1, 0.15) is 17.5 Å². The molecule has 2 aromatic rings. The van der Waals surface area contributed by atoms with Crippen LogP contribution in [0, 0.1) is 5.82 Å². The first-order valence-corrected chi connectivity index (χ1v) is 7.04. The van der Waals surface area contributed by atoms with Gasteiger partial charge in [-0.2, -0.15) is 0 Å². The number of anilines is 1. The van der Waals surface area contributed by atoms with Crippen molar-refractivity contribution < 1.29 is 9.13 Å². The van der Waals surface area contributed by atoms with Crippen molar-refractivity contribution in [2.75, 3.05) is 11.9 Å². The SMILES string of the molecule is Fc1cc(Cl)ccc1COc1cccc2c1NCCC2. The molecular formula is C16H15ClFNO. The summed E-state index contributed by atoms with van der Waals surface area (Å²) in [6.45, 7) is 1.14. The van der Waals surface area contributed by atoms with Crippen LogP contribution in [0.4, 0.5) is 10.1 Å². The average molecular weight is 292 g/mol. The molecule has 0 bridgehead atoms. The molecular weight excluding hydrogens is 277 g/mol. The van der Waals surface area contributed by atoms with Crippen molar-refractivity contribution in [2.45, 2.75) is 19.4 Å². The Balaban J connectivity index is 1.78. The van der Waals surface area contributed by atoms with Gasteiger partial charge in [-0.25, -0.2) is 4.39 Å². The number of nitrogens with one attached hydrogen (secondary N) is 1. The fourth-order valence-corrected chi connectivity index (χ4v) is 2.55. The van der Waals surface area contributed by atoms with Crippen molar-refractivity contribution >= 4 is 17.3 Å². The summed E-state index contributed by atoms with van der Waals surface area (Å²) >= 11 is 5.74. The largest absolute Gasteiger partial charge is 0.487 e.